The first kappa shape index (κ1) is 17.0. The van der Waals surface area contributed by atoms with E-state index in [-0.39, 0.29) is 5.91 Å². The van der Waals surface area contributed by atoms with Crippen molar-refractivity contribution in [1.29, 1.82) is 0 Å². The lowest BCUT2D eigenvalue weighted by molar-refractivity contribution is -0.141. The molecule has 0 saturated heterocycles. The maximum atomic E-state index is 12.5. The molecule has 0 unspecified atom stereocenters. The summed E-state index contributed by atoms with van der Waals surface area (Å²) in [6.45, 7) is 0.974. The van der Waals surface area contributed by atoms with E-state index in [4.69, 9.17) is 0 Å². The summed E-state index contributed by atoms with van der Waals surface area (Å²) >= 11 is 0. The van der Waals surface area contributed by atoms with Gasteiger partial charge in [0.25, 0.3) is 0 Å². The first-order valence-corrected chi connectivity index (χ1v) is 7.03. The first-order valence-electron chi connectivity index (χ1n) is 7.03. The molecule has 0 aliphatic heterocycles. The van der Waals surface area contributed by atoms with Crippen molar-refractivity contribution < 1.29 is 18.0 Å². The second kappa shape index (κ2) is 7.28. The number of nitrogens with one attached hydrogen (secondary N) is 2. The molecule has 1 amide bonds. The van der Waals surface area contributed by atoms with Crippen molar-refractivity contribution in [3.63, 3.8) is 0 Å². The summed E-state index contributed by atoms with van der Waals surface area (Å²) in [5, 5.41) is 9.16. The van der Waals surface area contributed by atoms with E-state index in [2.05, 4.69) is 15.7 Å². The molecule has 5 nitrogen and oxygen atoms in total. The SMILES string of the molecule is CNCCC(=O)NCc1ccc(-n2ccc(C(F)(F)F)n2)cc1. The van der Waals surface area contributed by atoms with Crippen molar-refractivity contribution in [1.82, 2.24) is 20.4 Å². The van der Waals surface area contributed by atoms with E-state index in [1.165, 1.54) is 6.20 Å². The molecule has 2 aromatic rings. The fourth-order valence-electron chi connectivity index (χ4n) is 1.91. The molecular weight excluding hydrogens is 309 g/mol. The van der Waals surface area contributed by atoms with Gasteiger partial charge in [-0.15, -0.1) is 0 Å². The number of nitrogens with zero attached hydrogens (tertiary/aromatic N) is 2. The van der Waals surface area contributed by atoms with E-state index in [0.717, 1.165) is 16.3 Å². The van der Waals surface area contributed by atoms with Gasteiger partial charge in [-0.1, -0.05) is 12.1 Å². The lowest BCUT2D eigenvalue weighted by Crippen LogP contribution is -2.26. The quantitative estimate of drug-likeness (QED) is 0.855. The molecule has 2 N–H and O–H groups in total. The molecule has 0 aliphatic rings. The number of rotatable bonds is 6. The minimum Gasteiger partial charge on any atom is -0.352 e. The van der Waals surface area contributed by atoms with Crippen LogP contribution >= 0.6 is 0 Å². The van der Waals surface area contributed by atoms with Gasteiger partial charge in [0, 0.05) is 25.7 Å². The monoisotopic (exact) mass is 326 g/mol. The average molecular weight is 326 g/mol. The Bertz CT molecular complexity index is 649. The molecule has 0 atom stereocenters. The molecule has 0 saturated carbocycles. The molecule has 0 radical (unpaired) electrons. The molecule has 0 aliphatic carbocycles. The van der Waals surface area contributed by atoms with Crippen LogP contribution in [0.15, 0.2) is 36.5 Å². The van der Waals surface area contributed by atoms with Crippen LogP contribution < -0.4 is 10.6 Å². The van der Waals surface area contributed by atoms with E-state index in [9.17, 15) is 18.0 Å². The van der Waals surface area contributed by atoms with Gasteiger partial charge in [0.05, 0.1) is 5.69 Å². The van der Waals surface area contributed by atoms with Gasteiger partial charge in [0.1, 0.15) is 0 Å². The van der Waals surface area contributed by atoms with Crippen LogP contribution in [0.25, 0.3) is 5.69 Å². The normalized spacial score (nSPS) is 11.5. The van der Waals surface area contributed by atoms with Crippen LogP contribution in [0.5, 0.6) is 0 Å². The lowest BCUT2D eigenvalue weighted by Gasteiger charge is -2.07. The van der Waals surface area contributed by atoms with E-state index >= 15 is 0 Å². The summed E-state index contributed by atoms with van der Waals surface area (Å²) in [4.78, 5) is 11.5. The second-order valence-electron chi connectivity index (χ2n) is 4.94. The highest BCUT2D eigenvalue weighted by Gasteiger charge is 2.33. The van der Waals surface area contributed by atoms with E-state index in [1.54, 1.807) is 31.3 Å². The van der Waals surface area contributed by atoms with Crippen LogP contribution in [-0.4, -0.2) is 29.3 Å². The molecule has 0 bridgehead atoms. The van der Waals surface area contributed by atoms with Gasteiger partial charge in [0.2, 0.25) is 5.91 Å². The van der Waals surface area contributed by atoms with Crippen molar-refractivity contribution in [2.24, 2.45) is 0 Å². The Morgan fingerprint density at radius 3 is 2.48 bits per heavy atom. The number of amides is 1. The summed E-state index contributed by atoms with van der Waals surface area (Å²) in [5.41, 5.74) is 0.443. The van der Waals surface area contributed by atoms with Gasteiger partial charge < -0.3 is 10.6 Å². The fraction of sp³-hybridized carbons (Fsp3) is 0.333. The number of hydrogen-bond donors (Lipinski definition) is 2. The molecule has 124 valence electrons. The largest absolute Gasteiger partial charge is 0.435 e. The van der Waals surface area contributed by atoms with Crippen LogP contribution in [0, 0.1) is 0 Å². The zero-order chi connectivity index (χ0) is 16.9. The standard InChI is InChI=1S/C15H17F3N4O/c1-19-8-6-14(23)20-10-11-2-4-12(5-3-11)22-9-7-13(21-22)15(16,17)18/h2-5,7,9,19H,6,8,10H2,1H3,(H,20,23). The number of halogens is 3. The predicted molar refractivity (Wildman–Crippen MR) is 79.0 cm³/mol. The topological polar surface area (TPSA) is 59.0 Å². The Labute approximate surface area is 131 Å². The first-order chi connectivity index (χ1) is 10.9. The number of aromatic nitrogens is 2. The van der Waals surface area contributed by atoms with Crippen LogP contribution in [0.2, 0.25) is 0 Å². The maximum Gasteiger partial charge on any atom is 0.435 e. The minimum atomic E-state index is -4.46. The highest BCUT2D eigenvalue weighted by atomic mass is 19.4. The van der Waals surface area contributed by atoms with Crippen LogP contribution in [0.4, 0.5) is 13.2 Å². The second-order valence-corrected chi connectivity index (χ2v) is 4.94. The molecule has 1 aromatic heterocycles. The van der Waals surface area contributed by atoms with E-state index in [1.807, 2.05) is 0 Å². The highest BCUT2D eigenvalue weighted by molar-refractivity contribution is 5.76. The number of carbonyl (C=O) groups excluding carboxylic acids is 1. The highest BCUT2D eigenvalue weighted by Crippen LogP contribution is 2.27. The summed E-state index contributed by atoms with van der Waals surface area (Å²) in [6, 6.07) is 7.71. The van der Waals surface area contributed by atoms with Crippen LogP contribution in [-0.2, 0) is 17.5 Å². The zero-order valence-corrected chi connectivity index (χ0v) is 12.5. The third kappa shape index (κ3) is 4.82. The Morgan fingerprint density at radius 2 is 1.91 bits per heavy atom. The molecule has 23 heavy (non-hydrogen) atoms. The summed E-state index contributed by atoms with van der Waals surface area (Å²) in [5.74, 6) is -0.0645. The molecule has 1 heterocycles. The summed E-state index contributed by atoms with van der Waals surface area (Å²) in [7, 11) is 1.77. The third-order valence-corrected chi connectivity index (χ3v) is 3.17. The van der Waals surface area contributed by atoms with Crippen molar-refractivity contribution in [3.8, 4) is 5.69 Å². The Balaban J connectivity index is 1.97. The van der Waals surface area contributed by atoms with Crippen LogP contribution in [0.1, 0.15) is 17.7 Å². The third-order valence-electron chi connectivity index (χ3n) is 3.17. The fourth-order valence-corrected chi connectivity index (χ4v) is 1.91. The molecule has 0 spiro atoms. The molecule has 1 aromatic carbocycles. The molecule has 8 heteroatoms. The van der Waals surface area contributed by atoms with Gasteiger partial charge in [-0.05, 0) is 30.8 Å². The zero-order valence-electron chi connectivity index (χ0n) is 12.5. The van der Waals surface area contributed by atoms with Gasteiger partial charge in [-0.3, -0.25) is 4.79 Å². The minimum absolute atomic E-state index is 0.0645. The Morgan fingerprint density at radius 1 is 1.22 bits per heavy atom. The van der Waals surface area contributed by atoms with Gasteiger partial charge in [0.15, 0.2) is 5.69 Å². The summed E-state index contributed by atoms with van der Waals surface area (Å²) < 4.78 is 38.7. The Kier molecular flexibility index (Phi) is 5.38. The van der Waals surface area contributed by atoms with Crippen molar-refractivity contribution in [3.05, 3.63) is 47.8 Å². The van der Waals surface area contributed by atoms with E-state index in [0.29, 0.717) is 25.2 Å². The Hall–Kier alpha value is -2.35. The molecular formula is C15H17F3N4O. The van der Waals surface area contributed by atoms with E-state index < -0.39 is 11.9 Å². The number of hydrogen-bond acceptors (Lipinski definition) is 3. The molecule has 2 rings (SSSR count). The number of carbonyl (C=O) groups is 1. The van der Waals surface area contributed by atoms with Gasteiger partial charge >= 0.3 is 6.18 Å². The van der Waals surface area contributed by atoms with Gasteiger partial charge in [-0.2, -0.15) is 18.3 Å². The summed E-state index contributed by atoms with van der Waals surface area (Å²) in [6.07, 6.45) is -2.80. The smallest absolute Gasteiger partial charge is 0.352 e. The number of alkyl halides is 3. The van der Waals surface area contributed by atoms with Gasteiger partial charge in [-0.25, -0.2) is 4.68 Å². The maximum absolute atomic E-state index is 12.5. The number of benzene rings is 1. The van der Waals surface area contributed by atoms with Crippen LogP contribution in [0.3, 0.4) is 0 Å². The van der Waals surface area contributed by atoms with Crippen molar-refractivity contribution >= 4 is 5.91 Å². The predicted octanol–water partition coefficient (Wildman–Crippen LogP) is 2.12. The van der Waals surface area contributed by atoms with Crippen molar-refractivity contribution in [2.75, 3.05) is 13.6 Å². The molecule has 0 fully saturated rings. The lowest BCUT2D eigenvalue weighted by atomic mass is 10.2. The average Bonchev–Trinajstić information content (AvgIpc) is 3.01. The van der Waals surface area contributed by atoms with Crippen molar-refractivity contribution in [2.45, 2.75) is 19.1 Å².